The van der Waals surface area contributed by atoms with Gasteiger partial charge in [-0.25, -0.2) is 12.8 Å². The summed E-state index contributed by atoms with van der Waals surface area (Å²) in [5, 5.41) is 12.7. The fourth-order valence-electron chi connectivity index (χ4n) is 4.27. The SMILES string of the molecule is CN1C/C(=N\O)c2c(ccn2CCCCN2CCN(c3ccc(F)cc3)CC2)S1(=O)=O. The highest BCUT2D eigenvalue weighted by Crippen LogP contribution is 2.27. The van der Waals surface area contributed by atoms with Gasteiger partial charge in [0.05, 0.1) is 12.2 Å². The summed E-state index contributed by atoms with van der Waals surface area (Å²) in [6.07, 6.45) is 3.64. The second-order valence-electron chi connectivity index (χ2n) is 8.04. The van der Waals surface area contributed by atoms with Crippen LogP contribution in [0, 0.1) is 5.82 Å². The molecular formula is C21H28FN5O3S. The lowest BCUT2D eigenvalue weighted by Crippen LogP contribution is -2.46. The van der Waals surface area contributed by atoms with Gasteiger partial charge in [0.15, 0.2) is 0 Å². The maximum absolute atomic E-state index is 13.1. The average Bonchev–Trinajstić information content (AvgIpc) is 3.20. The minimum Gasteiger partial charge on any atom is -0.411 e. The van der Waals surface area contributed by atoms with Gasteiger partial charge >= 0.3 is 0 Å². The van der Waals surface area contributed by atoms with E-state index in [9.17, 15) is 18.0 Å². The van der Waals surface area contributed by atoms with Gasteiger partial charge in [-0.05, 0) is 49.7 Å². The number of halogens is 1. The van der Waals surface area contributed by atoms with E-state index >= 15 is 0 Å². The summed E-state index contributed by atoms with van der Waals surface area (Å²) in [4.78, 5) is 4.89. The van der Waals surface area contributed by atoms with E-state index in [1.807, 2.05) is 16.7 Å². The number of sulfonamides is 1. The smallest absolute Gasteiger partial charge is 0.245 e. The standard InChI is InChI=1S/C21H28FN5O3S/c1-24-16-19(23-28)21-20(31(24,29)30)8-11-27(21)10-3-2-9-25-12-14-26(15-13-25)18-6-4-17(22)5-7-18/h4-8,11,28H,2-3,9-10,12-16H2,1H3/b23-19+. The first-order chi connectivity index (χ1) is 14.9. The van der Waals surface area contributed by atoms with Crippen LogP contribution in [0.15, 0.2) is 46.6 Å². The number of hydrogen-bond acceptors (Lipinski definition) is 6. The van der Waals surface area contributed by atoms with Gasteiger partial charge in [0.1, 0.15) is 16.4 Å². The molecule has 168 valence electrons. The van der Waals surface area contributed by atoms with E-state index in [1.165, 1.54) is 23.5 Å². The van der Waals surface area contributed by atoms with Crippen LogP contribution >= 0.6 is 0 Å². The third-order valence-electron chi connectivity index (χ3n) is 6.07. The molecule has 3 heterocycles. The quantitative estimate of drug-likeness (QED) is 0.415. The van der Waals surface area contributed by atoms with Crippen LogP contribution in [0.2, 0.25) is 0 Å². The Bertz CT molecular complexity index is 1040. The van der Waals surface area contributed by atoms with Gasteiger partial charge in [-0.2, -0.15) is 4.31 Å². The minimum absolute atomic E-state index is 0.0637. The molecule has 0 radical (unpaired) electrons. The first-order valence-electron chi connectivity index (χ1n) is 10.5. The van der Waals surface area contributed by atoms with Crippen LogP contribution < -0.4 is 4.90 Å². The van der Waals surface area contributed by atoms with E-state index in [0.717, 1.165) is 51.3 Å². The molecule has 0 saturated carbocycles. The molecule has 1 N–H and O–H groups in total. The lowest BCUT2D eigenvalue weighted by molar-refractivity contribution is 0.251. The second kappa shape index (κ2) is 8.97. The molecule has 1 aromatic carbocycles. The Balaban J connectivity index is 1.27. The number of nitrogens with zero attached hydrogens (tertiary/aromatic N) is 5. The van der Waals surface area contributed by atoms with E-state index in [4.69, 9.17) is 0 Å². The zero-order chi connectivity index (χ0) is 22.0. The van der Waals surface area contributed by atoms with Crippen LogP contribution in [0.1, 0.15) is 18.5 Å². The topological polar surface area (TPSA) is 81.4 Å². The number of rotatable bonds is 6. The molecule has 0 amide bonds. The highest BCUT2D eigenvalue weighted by molar-refractivity contribution is 7.89. The number of fused-ring (bicyclic) bond motifs is 1. The molecule has 0 unspecified atom stereocenters. The number of aromatic nitrogens is 1. The molecular weight excluding hydrogens is 421 g/mol. The maximum atomic E-state index is 13.1. The normalized spacial score (nSPS) is 20.8. The van der Waals surface area contributed by atoms with Crippen LogP contribution in [-0.2, 0) is 16.6 Å². The number of aryl methyl sites for hydroxylation is 1. The first-order valence-corrected chi connectivity index (χ1v) is 11.9. The molecule has 4 rings (SSSR count). The molecule has 2 aliphatic heterocycles. The van der Waals surface area contributed by atoms with Gasteiger partial charge in [-0.3, -0.25) is 4.90 Å². The van der Waals surface area contributed by atoms with Crippen LogP contribution in [0.4, 0.5) is 10.1 Å². The first kappa shape index (κ1) is 21.8. The van der Waals surface area contributed by atoms with Crippen molar-refractivity contribution in [3.05, 3.63) is 48.0 Å². The lowest BCUT2D eigenvalue weighted by Gasteiger charge is -2.36. The summed E-state index contributed by atoms with van der Waals surface area (Å²) < 4.78 is 41.2. The molecule has 1 aromatic heterocycles. The Morgan fingerprint density at radius 1 is 1.03 bits per heavy atom. The van der Waals surface area contributed by atoms with E-state index in [2.05, 4.69) is 15.0 Å². The molecule has 1 saturated heterocycles. The van der Waals surface area contributed by atoms with Crippen molar-refractivity contribution in [3.8, 4) is 0 Å². The minimum atomic E-state index is -3.53. The Morgan fingerprint density at radius 2 is 1.71 bits per heavy atom. The van der Waals surface area contributed by atoms with Crippen molar-refractivity contribution in [1.29, 1.82) is 0 Å². The van der Waals surface area contributed by atoms with Gasteiger partial charge in [-0.15, -0.1) is 0 Å². The summed E-state index contributed by atoms with van der Waals surface area (Å²) in [5.41, 5.74) is 1.92. The lowest BCUT2D eigenvalue weighted by atomic mass is 10.2. The predicted molar refractivity (Wildman–Crippen MR) is 117 cm³/mol. The van der Waals surface area contributed by atoms with Crippen molar-refractivity contribution in [2.45, 2.75) is 24.3 Å². The highest BCUT2D eigenvalue weighted by Gasteiger charge is 2.35. The summed E-state index contributed by atoms with van der Waals surface area (Å²) in [6.45, 7) is 5.46. The molecule has 0 spiro atoms. The van der Waals surface area contributed by atoms with Crippen LogP contribution in [0.25, 0.3) is 0 Å². The summed E-state index contributed by atoms with van der Waals surface area (Å²) in [7, 11) is -2.05. The van der Waals surface area contributed by atoms with Gasteiger partial charge in [0.2, 0.25) is 10.0 Å². The number of oxime groups is 1. The zero-order valence-electron chi connectivity index (χ0n) is 17.6. The number of benzene rings is 1. The van der Waals surface area contributed by atoms with E-state index in [1.54, 1.807) is 12.3 Å². The van der Waals surface area contributed by atoms with Crippen molar-refractivity contribution in [3.63, 3.8) is 0 Å². The Hall–Kier alpha value is -2.43. The monoisotopic (exact) mass is 449 g/mol. The third kappa shape index (κ3) is 4.46. The van der Waals surface area contributed by atoms with Crippen molar-refractivity contribution in [2.75, 3.05) is 51.2 Å². The van der Waals surface area contributed by atoms with E-state index in [-0.39, 0.29) is 17.3 Å². The van der Waals surface area contributed by atoms with Gasteiger partial charge < -0.3 is 14.7 Å². The predicted octanol–water partition coefficient (Wildman–Crippen LogP) is 2.04. The molecule has 2 aromatic rings. The van der Waals surface area contributed by atoms with Gasteiger partial charge in [0, 0.05) is 51.7 Å². The number of piperazine rings is 1. The van der Waals surface area contributed by atoms with E-state index in [0.29, 0.717) is 18.0 Å². The zero-order valence-corrected chi connectivity index (χ0v) is 18.4. The number of likely N-dealkylation sites (N-methyl/N-ethyl adjacent to an activating group) is 1. The largest absolute Gasteiger partial charge is 0.411 e. The molecule has 0 atom stereocenters. The Morgan fingerprint density at radius 3 is 2.39 bits per heavy atom. The third-order valence-corrected chi connectivity index (χ3v) is 7.90. The Kier molecular flexibility index (Phi) is 6.31. The van der Waals surface area contributed by atoms with Crippen molar-refractivity contribution >= 4 is 21.4 Å². The molecule has 8 nitrogen and oxygen atoms in total. The number of anilines is 1. The Labute approximate surface area is 182 Å². The van der Waals surface area contributed by atoms with Crippen LogP contribution in [-0.4, -0.2) is 79.4 Å². The van der Waals surface area contributed by atoms with Crippen molar-refractivity contribution < 1.29 is 18.0 Å². The van der Waals surface area contributed by atoms with Crippen molar-refractivity contribution in [2.24, 2.45) is 5.16 Å². The molecule has 31 heavy (non-hydrogen) atoms. The number of hydrogen-bond donors (Lipinski definition) is 1. The van der Waals surface area contributed by atoms with Crippen LogP contribution in [0.5, 0.6) is 0 Å². The van der Waals surface area contributed by atoms with Gasteiger partial charge in [0.25, 0.3) is 0 Å². The molecule has 0 bridgehead atoms. The molecule has 10 heteroatoms. The molecule has 2 aliphatic rings. The number of unbranched alkanes of at least 4 members (excludes halogenated alkanes) is 1. The summed E-state index contributed by atoms with van der Waals surface area (Å²) in [5.74, 6) is -0.214. The highest BCUT2D eigenvalue weighted by atomic mass is 32.2. The summed E-state index contributed by atoms with van der Waals surface area (Å²) in [6, 6.07) is 8.23. The summed E-state index contributed by atoms with van der Waals surface area (Å²) >= 11 is 0. The second-order valence-corrected chi connectivity index (χ2v) is 10.1. The fraction of sp³-hybridized carbons (Fsp3) is 0.476. The maximum Gasteiger partial charge on any atom is 0.245 e. The van der Waals surface area contributed by atoms with E-state index < -0.39 is 10.0 Å². The molecule has 1 fully saturated rings. The molecule has 0 aliphatic carbocycles. The fourth-order valence-corrected chi connectivity index (χ4v) is 5.61. The average molecular weight is 450 g/mol. The van der Waals surface area contributed by atoms with Crippen LogP contribution in [0.3, 0.4) is 0 Å². The van der Waals surface area contributed by atoms with Crippen molar-refractivity contribution in [1.82, 2.24) is 13.8 Å². The van der Waals surface area contributed by atoms with Gasteiger partial charge in [-0.1, -0.05) is 5.16 Å².